The number of nitrogens with zero attached hydrogens (tertiary/aromatic N) is 3. The number of fused-ring (bicyclic) bond motifs is 1. The average Bonchev–Trinajstić information content (AvgIpc) is 3.43. The molecule has 1 unspecified atom stereocenters. The van der Waals surface area contributed by atoms with Gasteiger partial charge < -0.3 is 14.7 Å². The lowest BCUT2D eigenvalue weighted by atomic mass is 9.95. The van der Waals surface area contributed by atoms with Gasteiger partial charge in [0.05, 0.1) is 28.4 Å². The molecule has 1 saturated heterocycles. The number of Topliss-reactive ketones (excluding diaryl/α,β-unsaturated/α-hetero) is 1. The van der Waals surface area contributed by atoms with Crippen LogP contribution < -0.4 is 14.5 Å². The topological polar surface area (TPSA) is 83.0 Å². The third-order valence-electron chi connectivity index (χ3n) is 6.63. The summed E-state index contributed by atoms with van der Waals surface area (Å²) in [6, 6.07) is 17.7. The van der Waals surface area contributed by atoms with E-state index in [2.05, 4.69) is 0 Å². The molecule has 1 atom stereocenters. The minimum atomic E-state index is -0.834. The second-order valence-electron chi connectivity index (χ2n) is 9.54. The van der Waals surface area contributed by atoms with Crippen molar-refractivity contribution in [3.05, 3.63) is 88.5 Å². The summed E-state index contributed by atoms with van der Waals surface area (Å²) in [6.45, 7) is 6.40. The number of hydrogen-bond donors (Lipinski definition) is 1. The number of aliphatic hydroxyl groups excluding tert-OH is 1. The van der Waals surface area contributed by atoms with Gasteiger partial charge in [-0.25, -0.2) is 4.98 Å². The first kappa shape index (κ1) is 25.5. The summed E-state index contributed by atoms with van der Waals surface area (Å²) in [5.74, 6) is -1.04. The third-order valence-corrected chi connectivity index (χ3v) is 7.63. The van der Waals surface area contributed by atoms with Gasteiger partial charge in [-0.15, -0.1) is 0 Å². The van der Waals surface area contributed by atoms with Gasteiger partial charge in [-0.05, 0) is 79.9 Å². The number of aromatic nitrogens is 1. The fourth-order valence-electron chi connectivity index (χ4n) is 4.79. The van der Waals surface area contributed by atoms with Crippen LogP contribution in [0.25, 0.3) is 16.0 Å². The number of aryl methyl sites for hydroxylation is 2. The first-order chi connectivity index (χ1) is 18.2. The van der Waals surface area contributed by atoms with Crippen LogP contribution in [0.5, 0.6) is 5.75 Å². The van der Waals surface area contributed by atoms with E-state index in [9.17, 15) is 14.7 Å². The first-order valence-electron chi connectivity index (χ1n) is 12.4. The Labute approximate surface area is 225 Å². The van der Waals surface area contributed by atoms with E-state index in [0.29, 0.717) is 28.6 Å². The zero-order chi connectivity index (χ0) is 27.1. The second kappa shape index (κ2) is 9.95. The molecule has 0 bridgehead atoms. The van der Waals surface area contributed by atoms with Crippen molar-refractivity contribution < 1.29 is 19.4 Å². The molecule has 194 valence electrons. The maximum Gasteiger partial charge on any atom is 0.301 e. The molecule has 1 amide bonds. The van der Waals surface area contributed by atoms with E-state index >= 15 is 0 Å². The predicted molar refractivity (Wildman–Crippen MR) is 152 cm³/mol. The standard InChI is InChI=1S/C30H29N3O4S/c1-6-37-22-13-9-20(10-14-22)27(34)24-26(19-7-11-21(12-8-19)32(4)5)33(29(36)28(24)35)30-31-25-18(3)15-17(2)16-23(25)38-30/h7-16,26,34H,6H2,1-5H3/b27-24+. The lowest BCUT2D eigenvalue weighted by Crippen LogP contribution is -2.29. The van der Waals surface area contributed by atoms with Gasteiger partial charge in [0.15, 0.2) is 5.13 Å². The third kappa shape index (κ3) is 4.41. The number of amides is 1. The number of hydrogen-bond acceptors (Lipinski definition) is 7. The Morgan fingerprint density at radius 1 is 1.05 bits per heavy atom. The van der Waals surface area contributed by atoms with E-state index in [1.165, 1.54) is 16.2 Å². The molecule has 3 aromatic carbocycles. The van der Waals surface area contributed by atoms with E-state index < -0.39 is 17.7 Å². The van der Waals surface area contributed by atoms with Gasteiger partial charge >= 0.3 is 5.91 Å². The van der Waals surface area contributed by atoms with E-state index in [0.717, 1.165) is 27.0 Å². The van der Waals surface area contributed by atoms with Crippen molar-refractivity contribution in [1.82, 2.24) is 4.98 Å². The molecule has 1 aliphatic rings. The van der Waals surface area contributed by atoms with Gasteiger partial charge in [-0.1, -0.05) is 29.5 Å². The Morgan fingerprint density at radius 3 is 2.37 bits per heavy atom. The molecule has 2 heterocycles. The SMILES string of the molecule is CCOc1ccc(/C(O)=C2\C(=O)C(=O)N(c3nc4c(C)cc(C)cc4s3)C2c2ccc(N(C)C)cc2)cc1. The number of thiazole rings is 1. The van der Waals surface area contributed by atoms with E-state index in [-0.39, 0.29) is 11.3 Å². The van der Waals surface area contributed by atoms with Crippen LogP contribution in [0.3, 0.4) is 0 Å². The zero-order valence-electron chi connectivity index (χ0n) is 22.0. The number of carbonyl (C=O) groups excluding carboxylic acids is 2. The summed E-state index contributed by atoms with van der Waals surface area (Å²) >= 11 is 1.36. The maximum absolute atomic E-state index is 13.5. The van der Waals surface area contributed by atoms with E-state index in [1.807, 2.05) is 76.2 Å². The predicted octanol–water partition coefficient (Wildman–Crippen LogP) is 6.00. The molecule has 0 saturated carbocycles. The summed E-state index contributed by atoms with van der Waals surface area (Å²) in [5.41, 5.74) is 5.03. The Morgan fingerprint density at radius 2 is 1.74 bits per heavy atom. The molecule has 38 heavy (non-hydrogen) atoms. The highest BCUT2D eigenvalue weighted by atomic mass is 32.1. The summed E-state index contributed by atoms with van der Waals surface area (Å²) in [4.78, 5) is 35.2. The van der Waals surface area contributed by atoms with Crippen molar-refractivity contribution in [2.45, 2.75) is 26.8 Å². The van der Waals surface area contributed by atoms with Crippen LogP contribution in [0.2, 0.25) is 0 Å². The van der Waals surface area contributed by atoms with Crippen LogP contribution in [0.15, 0.2) is 66.2 Å². The molecule has 4 aromatic rings. The summed E-state index contributed by atoms with van der Waals surface area (Å²) in [6.07, 6.45) is 0. The normalized spacial score (nSPS) is 16.9. The fourth-order valence-corrected chi connectivity index (χ4v) is 5.96. The van der Waals surface area contributed by atoms with E-state index in [4.69, 9.17) is 9.72 Å². The van der Waals surface area contributed by atoms with Crippen LogP contribution in [-0.2, 0) is 9.59 Å². The van der Waals surface area contributed by atoms with Gasteiger partial charge in [-0.2, -0.15) is 0 Å². The number of ketones is 1. The molecular formula is C30H29N3O4S. The molecule has 1 aliphatic heterocycles. The van der Waals surface area contributed by atoms with E-state index in [1.54, 1.807) is 24.3 Å². The number of benzene rings is 3. The summed E-state index contributed by atoms with van der Waals surface area (Å²) in [7, 11) is 3.89. The highest BCUT2D eigenvalue weighted by Crippen LogP contribution is 2.45. The summed E-state index contributed by atoms with van der Waals surface area (Å²) in [5, 5.41) is 11.8. The minimum absolute atomic E-state index is 0.0314. The van der Waals surface area contributed by atoms with Crippen LogP contribution >= 0.6 is 11.3 Å². The van der Waals surface area contributed by atoms with Crippen LogP contribution in [-0.4, -0.2) is 42.5 Å². The van der Waals surface area contributed by atoms with Crippen LogP contribution in [0, 0.1) is 13.8 Å². The van der Waals surface area contributed by atoms with Crippen LogP contribution in [0.1, 0.15) is 35.2 Å². The smallest absolute Gasteiger partial charge is 0.301 e. The van der Waals surface area contributed by atoms with Crippen molar-refractivity contribution in [2.24, 2.45) is 0 Å². The van der Waals surface area contributed by atoms with Crippen molar-refractivity contribution in [3.63, 3.8) is 0 Å². The fraction of sp³-hybridized carbons (Fsp3) is 0.233. The molecule has 5 rings (SSSR count). The van der Waals surface area contributed by atoms with Crippen molar-refractivity contribution in [1.29, 1.82) is 0 Å². The zero-order valence-corrected chi connectivity index (χ0v) is 22.8. The Hall–Kier alpha value is -4.17. The number of rotatable bonds is 6. The monoisotopic (exact) mass is 527 g/mol. The minimum Gasteiger partial charge on any atom is -0.507 e. The van der Waals surface area contributed by atoms with Crippen molar-refractivity contribution in [2.75, 3.05) is 30.5 Å². The highest BCUT2D eigenvalue weighted by molar-refractivity contribution is 7.22. The summed E-state index contributed by atoms with van der Waals surface area (Å²) < 4.78 is 6.45. The molecular weight excluding hydrogens is 498 g/mol. The van der Waals surface area contributed by atoms with Gasteiger partial charge in [0, 0.05) is 25.3 Å². The molecule has 1 aromatic heterocycles. The largest absolute Gasteiger partial charge is 0.507 e. The Kier molecular flexibility index (Phi) is 6.67. The lowest BCUT2D eigenvalue weighted by Gasteiger charge is -2.23. The molecule has 1 fully saturated rings. The first-order valence-corrected chi connectivity index (χ1v) is 13.2. The molecule has 0 aliphatic carbocycles. The highest BCUT2D eigenvalue weighted by Gasteiger charge is 2.48. The van der Waals surface area contributed by atoms with Gasteiger partial charge in [0.25, 0.3) is 5.78 Å². The second-order valence-corrected chi connectivity index (χ2v) is 10.5. The van der Waals surface area contributed by atoms with Gasteiger partial charge in [0.1, 0.15) is 11.5 Å². The maximum atomic E-state index is 13.5. The number of aliphatic hydroxyl groups is 1. The van der Waals surface area contributed by atoms with Crippen molar-refractivity contribution in [3.8, 4) is 5.75 Å². The molecule has 0 spiro atoms. The number of ether oxygens (including phenoxy) is 1. The average molecular weight is 528 g/mol. The molecule has 8 heteroatoms. The van der Waals surface area contributed by atoms with Gasteiger partial charge in [0.2, 0.25) is 0 Å². The van der Waals surface area contributed by atoms with Crippen molar-refractivity contribution >= 4 is 49.8 Å². The molecule has 7 nitrogen and oxygen atoms in total. The quantitative estimate of drug-likeness (QED) is 0.188. The van der Waals surface area contributed by atoms with Crippen LogP contribution in [0.4, 0.5) is 10.8 Å². The Bertz CT molecular complexity index is 1570. The number of carbonyl (C=O) groups is 2. The molecule has 0 radical (unpaired) electrons. The van der Waals surface area contributed by atoms with Gasteiger partial charge in [-0.3, -0.25) is 14.5 Å². The Balaban J connectivity index is 1.69. The lowest BCUT2D eigenvalue weighted by molar-refractivity contribution is -0.132. The molecule has 1 N–H and O–H groups in total. The number of anilines is 2.